The number of thiocarbonyl (C=S) groups is 1. The number of aryl methyl sites for hydroxylation is 2. The van der Waals surface area contributed by atoms with Crippen LogP contribution in [0.3, 0.4) is 0 Å². The van der Waals surface area contributed by atoms with Crippen molar-refractivity contribution in [3.05, 3.63) is 95.1 Å². The number of nitrogens with one attached hydrogen (secondary N) is 2. The summed E-state index contributed by atoms with van der Waals surface area (Å²) in [7, 11) is 0. The first-order chi connectivity index (χ1) is 15.0. The van der Waals surface area contributed by atoms with Crippen LogP contribution in [0.4, 0.5) is 11.4 Å². The van der Waals surface area contributed by atoms with Gasteiger partial charge < -0.3 is 10.6 Å². The number of aromatic nitrogens is 4. The minimum absolute atomic E-state index is 0.514. The molecule has 0 atom stereocenters. The molecule has 0 radical (unpaired) electrons. The summed E-state index contributed by atoms with van der Waals surface area (Å²) < 4.78 is 3.89. The third-order valence-electron chi connectivity index (χ3n) is 5.11. The largest absolute Gasteiger partial charge is 0.330 e. The number of hydrogen-bond donors (Lipinski definition) is 2. The van der Waals surface area contributed by atoms with Crippen LogP contribution in [0, 0.1) is 20.8 Å². The molecule has 31 heavy (non-hydrogen) atoms. The summed E-state index contributed by atoms with van der Waals surface area (Å²) in [4.78, 5) is 0. The maximum atomic E-state index is 5.54. The first-order valence-corrected chi connectivity index (χ1v) is 10.6. The first-order valence-electron chi connectivity index (χ1n) is 10.2. The topological polar surface area (TPSA) is 59.7 Å². The number of anilines is 2. The van der Waals surface area contributed by atoms with E-state index >= 15 is 0 Å². The SMILES string of the molecule is Cc1cccc(Cn2nc(C)c(NC(=S)Nc3cnn(Cc4ccccc4)c3)c2C)c1. The van der Waals surface area contributed by atoms with Crippen LogP contribution < -0.4 is 10.6 Å². The Bertz CT molecular complexity index is 1190. The summed E-state index contributed by atoms with van der Waals surface area (Å²) in [5.74, 6) is 0. The number of rotatable bonds is 6. The van der Waals surface area contributed by atoms with Crippen LogP contribution in [0.5, 0.6) is 0 Å². The third kappa shape index (κ3) is 5.19. The summed E-state index contributed by atoms with van der Waals surface area (Å²) in [6, 6.07) is 18.7. The molecule has 2 heterocycles. The summed E-state index contributed by atoms with van der Waals surface area (Å²) >= 11 is 5.54. The lowest BCUT2D eigenvalue weighted by Crippen LogP contribution is -2.19. The molecule has 0 saturated heterocycles. The molecule has 2 N–H and O–H groups in total. The monoisotopic (exact) mass is 430 g/mol. The normalized spacial score (nSPS) is 10.8. The average molecular weight is 431 g/mol. The highest BCUT2D eigenvalue weighted by Crippen LogP contribution is 2.21. The Morgan fingerprint density at radius 1 is 0.935 bits per heavy atom. The van der Waals surface area contributed by atoms with Gasteiger partial charge in [-0.3, -0.25) is 9.36 Å². The zero-order valence-corrected chi connectivity index (χ0v) is 18.8. The van der Waals surface area contributed by atoms with Gasteiger partial charge >= 0.3 is 0 Å². The molecular formula is C24H26N6S. The second-order valence-electron chi connectivity index (χ2n) is 7.68. The van der Waals surface area contributed by atoms with Crippen molar-refractivity contribution < 1.29 is 0 Å². The van der Waals surface area contributed by atoms with Crippen molar-refractivity contribution in [1.29, 1.82) is 0 Å². The zero-order chi connectivity index (χ0) is 21.8. The van der Waals surface area contributed by atoms with Crippen LogP contribution >= 0.6 is 12.2 Å². The van der Waals surface area contributed by atoms with E-state index in [-0.39, 0.29) is 0 Å². The van der Waals surface area contributed by atoms with E-state index in [0.717, 1.165) is 29.3 Å². The minimum Gasteiger partial charge on any atom is -0.330 e. The number of hydrogen-bond acceptors (Lipinski definition) is 3. The Hall–Kier alpha value is -3.45. The van der Waals surface area contributed by atoms with Crippen molar-refractivity contribution >= 4 is 28.7 Å². The maximum absolute atomic E-state index is 5.54. The fourth-order valence-electron chi connectivity index (χ4n) is 3.58. The molecule has 0 aliphatic heterocycles. The molecule has 0 spiro atoms. The van der Waals surface area contributed by atoms with Gasteiger partial charge in [0.05, 0.1) is 42.0 Å². The van der Waals surface area contributed by atoms with Crippen LogP contribution in [0.1, 0.15) is 28.1 Å². The van der Waals surface area contributed by atoms with Crippen molar-refractivity contribution in [2.24, 2.45) is 0 Å². The number of nitrogens with zero attached hydrogens (tertiary/aromatic N) is 4. The Morgan fingerprint density at radius 2 is 1.71 bits per heavy atom. The standard InChI is InChI=1S/C24H26N6S/c1-17-8-7-11-21(12-17)15-30-19(3)23(18(2)28-30)27-24(31)26-22-13-25-29(16-22)14-20-9-5-4-6-10-20/h4-13,16H,14-15H2,1-3H3,(H2,26,27,31). The van der Waals surface area contributed by atoms with Crippen molar-refractivity contribution in [3.8, 4) is 0 Å². The molecule has 6 nitrogen and oxygen atoms in total. The van der Waals surface area contributed by atoms with Gasteiger partial charge in [0.1, 0.15) is 0 Å². The fourth-order valence-corrected chi connectivity index (χ4v) is 3.80. The van der Waals surface area contributed by atoms with E-state index in [2.05, 4.69) is 66.0 Å². The van der Waals surface area contributed by atoms with E-state index in [4.69, 9.17) is 17.3 Å². The van der Waals surface area contributed by atoms with E-state index in [1.807, 2.05) is 40.7 Å². The van der Waals surface area contributed by atoms with Gasteiger partial charge in [-0.25, -0.2) is 0 Å². The van der Waals surface area contributed by atoms with Crippen LogP contribution in [0.15, 0.2) is 67.0 Å². The first kappa shape index (κ1) is 20.8. The van der Waals surface area contributed by atoms with Gasteiger partial charge in [0.15, 0.2) is 5.11 Å². The van der Waals surface area contributed by atoms with Crippen molar-refractivity contribution in [3.63, 3.8) is 0 Å². The Balaban J connectivity index is 1.40. The molecule has 2 aromatic heterocycles. The molecule has 0 fully saturated rings. The molecular weight excluding hydrogens is 404 g/mol. The Labute approximate surface area is 187 Å². The second kappa shape index (κ2) is 9.14. The third-order valence-corrected chi connectivity index (χ3v) is 5.32. The molecule has 0 unspecified atom stereocenters. The molecule has 0 aliphatic rings. The second-order valence-corrected chi connectivity index (χ2v) is 8.09. The average Bonchev–Trinajstić information content (AvgIpc) is 3.28. The molecule has 7 heteroatoms. The fraction of sp³-hybridized carbons (Fsp3) is 0.208. The van der Waals surface area contributed by atoms with Crippen molar-refractivity contribution in [2.75, 3.05) is 10.6 Å². The van der Waals surface area contributed by atoms with E-state index in [1.165, 1.54) is 16.7 Å². The Kier molecular flexibility index (Phi) is 6.13. The van der Waals surface area contributed by atoms with E-state index in [1.54, 1.807) is 6.20 Å². The van der Waals surface area contributed by atoms with Gasteiger partial charge in [0.2, 0.25) is 0 Å². The molecule has 0 aliphatic carbocycles. The molecule has 158 valence electrons. The quantitative estimate of drug-likeness (QED) is 0.426. The summed E-state index contributed by atoms with van der Waals surface area (Å²) in [6.07, 6.45) is 3.72. The number of benzene rings is 2. The van der Waals surface area contributed by atoms with Crippen LogP contribution in [-0.4, -0.2) is 24.7 Å². The van der Waals surface area contributed by atoms with Gasteiger partial charge in [0.25, 0.3) is 0 Å². The highest BCUT2D eigenvalue weighted by Gasteiger charge is 2.13. The van der Waals surface area contributed by atoms with Crippen LogP contribution in [0.25, 0.3) is 0 Å². The highest BCUT2D eigenvalue weighted by molar-refractivity contribution is 7.80. The smallest absolute Gasteiger partial charge is 0.175 e. The summed E-state index contributed by atoms with van der Waals surface area (Å²) in [6.45, 7) is 7.58. The molecule has 0 saturated carbocycles. The van der Waals surface area contributed by atoms with Gasteiger partial charge in [-0.15, -0.1) is 0 Å². The lowest BCUT2D eigenvalue weighted by molar-refractivity contribution is 0.659. The zero-order valence-electron chi connectivity index (χ0n) is 18.0. The van der Waals surface area contributed by atoms with Crippen LogP contribution in [0.2, 0.25) is 0 Å². The summed E-state index contributed by atoms with van der Waals surface area (Å²) in [5.41, 5.74) is 7.40. The van der Waals surface area contributed by atoms with Gasteiger partial charge in [-0.2, -0.15) is 10.2 Å². The van der Waals surface area contributed by atoms with Crippen molar-refractivity contribution in [1.82, 2.24) is 19.6 Å². The van der Waals surface area contributed by atoms with E-state index in [0.29, 0.717) is 11.7 Å². The predicted octanol–water partition coefficient (Wildman–Crippen LogP) is 4.91. The predicted molar refractivity (Wildman–Crippen MR) is 130 cm³/mol. The van der Waals surface area contributed by atoms with Gasteiger partial charge in [0, 0.05) is 6.20 Å². The lowest BCUT2D eigenvalue weighted by Gasteiger charge is -2.10. The Morgan fingerprint density at radius 3 is 2.48 bits per heavy atom. The summed E-state index contributed by atoms with van der Waals surface area (Å²) in [5, 5.41) is 16.1. The van der Waals surface area contributed by atoms with Crippen LogP contribution in [-0.2, 0) is 13.1 Å². The van der Waals surface area contributed by atoms with Gasteiger partial charge in [-0.05, 0) is 44.1 Å². The molecule has 0 amide bonds. The van der Waals surface area contributed by atoms with Gasteiger partial charge in [-0.1, -0.05) is 60.2 Å². The molecule has 0 bridgehead atoms. The maximum Gasteiger partial charge on any atom is 0.175 e. The van der Waals surface area contributed by atoms with Crippen molar-refractivity contribution in [2.45, 2.75) is 33.9 Å². The van der Waals surface area contributed by atoms with E-state index in [9.17, 15) is 0 Å². The highest BCUT2D eigenvalue weighted by atomic mass is 32.1. The minimum atomic E-state index is 0.514. The van der Waals surface area contributed by atoms with E-state index < -0.39 is 0 Å². The molecule has 4 aromatic rings. The lowest BCUT2D eigenvalue weighted by atomic mass is 10.1. The molecule has 4 rings (SSSR count). The molecule has 2 aromatic carbocycles.